The molecule has 1 aromatic carbocycles. The number of aromatic nitrogens is 2. The van der Waals surface area contributed by atoms with Gasteiger partial charge in [0.2, 0.25) is 0 Å². The molecule has 25 heavy (non-hydrogen) atoms. The second kappa shape index (κ2) is 8.60. The van der Waals surface area contributed by atoms with Gasteiger partial charge in [-0.15, -0.1) is 0 Å². The van der Waals surface area contributed by atoms with E-state index in [0.29, 0.717) is 5.92 Å². The van der Waals surface area contributed by atoms with E-state index in [0.717, 1.165) is 23.9 Å². The van der Waals surface area contributed by atoms with Crippen molar-refractivity contribution in [1.29, 1.82) is 0 Å². The molecule has 1 heterocycles. The van der Waals surface area contributed by atoms with Crippen LogP contribution in [-0.4, -0.2) is 9.97 Å². The van der Waals surface area contributed by atoms with Crippen LogP contribution in [0.25, 0.3) is 11.1 Å². The molecule has 1 saturated carbocycles. The van der Waals surface area contributed by atoms with Crippen molar-refractivity contribution in [3.05, 3.63) is 47.5 Å². The minimum Gasteiger partial charge on any atom is -0.240 e. The van der Waals surface area contributed by atoms with Crippen molar-refractivity contribution in [2.75, 3.05) is 0 Å². The summed E-state index contributed by atoms with van der Waals surface area (Å²) in [4.78, 5) is 9.65. The van der Waals surface area contributed by atoms with Crippen molar-refractivity contribution in [1.82, 2.24) is 9.97 Å². The molecule has 134 valence electrons. The van der Waals surface area contributed by atoms with Crippen LogP contribution in [0.4, 0.5) is 0 Å². The Morgan fingerprint density at radius 1 is 0.960 bits per heavy atom. The van der Waals surface area contributed by atoms with Gasteiger partial charge in [-0.25, -0.2) is 9.97 Å². The zero-order chi connectivity index (χ0) is 17.6. The molecule has 0 unspecified atom stereocenters. The van der Waals surface area contributed by atoms with Crippen LogP contribution < -0.4 is 0 Å². The monoisotopic (exact) mass is 336 g/mol. The number of rotatable bonds is 6. The summed E-state index contributed by atoms with van der Waals surface area (Å²) in [5.41, 5.74) is 4.93. The summed E-state index contributed by atoms with van der Waals surface area (Å²) in [6.07, 6.45) is 12.3. The maximum Gasteiger partial charge on any atom is 0.131 e. The van der Waals surface area contributed by atoms with Gasteiger partial charge in [0.05, 0.1) is 0 Å². The Labute approximate surface area is 153 Å². The second-order valence-electron chi connectivity index (χ2n) is 7.68. The van der Waals surface area contributed by atoms with Crippen LogP contribution >= 0.6 is 0 Å². The maximum atomic E-state index is 4.89. The third-order valence-electron chi connectivity index (χ3n) is 5.71. The highest BCUT2D eigenvalue weighted by molar-refractivity contribution is 5.65. The van der Waals surface area contributed by atoms with Gasteiger partial charge >= 0.3 is 0 Å². The number of benzene rings is 1. The van der Waals surface area contributed by atoms with Crippen molar-refractivity contribution >= 4 is 0 Å². The van der Waals surface area contributed by atoms with Crippen molar-refractivity contribution < 1.29 is 0 Å². The lowest BCUT2D eigenvalue weighted by atomic mass is 9.79. The number of hydrogen-bond donors (Lipinski definition) is 0. The van der Waals surface area contributed by atoms with E-state index in [1.165, 1.54) is 61.6 Å². The molecule has 0 N–H and O–H groups in total. The zero-order valence-corrected chi connectivity index (χ0v) is 16.1. The molecule has 0 aliphatic heterocycles. The largest absolute Gasteiger partial charge is 0.240 e. The van der Waals surface area contributed by atoms with Gasteiger partial charge in [0.15, 0.2) is 0 Å². The van der Waals surface area contributed by atoms with E-state index in [-0.39, 0.29) is 0 Å². The minimum atomic E-state index is 0.563. The predicted octanol–water partition coefficient (Wildman–Crippen LogP) is 6.48. The van der Waals surface area contributed by atoms with Crippen LogP contribution in [0.1, 0.15) is 81.8 Å². The van der Waals surface area contributed by atoms with E-state index in [1.54, 1.807) is 0 Å². The van der Waals surface area contributed by atoms with Crippen molar-refractivity contribution in [3.63, 3.8) is 0 Å². The summed E-state index contributed by atoms with van der Waals surface area (Å²) in [7, 11) is 0. The quantitative estimate of drug-likeness (QED) is 0.603. The van der Waals surface area contributed by atoms with E-state index in [1.807, 2.05) is 6.20 Å². The Bertz CT molecular complexity index is 667. The van der Waals surface area contributed by atoms with Crippen molar-refractivity contribution in [3.8, 4) is 11.1 Å². The molecule has 1 aliphatic rings. The van der Waals surface area contributed by atoms with Gasteiger partial charge in [-0.05, 0) is 56.1 Å². The molecule has 0 saturated heterocycles. The average molecular weight is 337 g/mol. The molecule has 2 heteroatoms. The summed E-state index contributed by atoms with van der Waals surface area (Å²) in [6, 6.07) is 8.90. The predicted molar refractivity (Wildman–Crippen MR) is 106 cm³/mol. The van der Waals surface area contributed by atoms with Crippen molar-refractivity contribution in [2.45, 2.75) is 78.1 Å². The molecule has 1 fully saturated rings. The molecule has 0 atom stereocenters. The minimum absolute atomic E-state index is 0.563. The van der Waals surface area contributed by atoms with E-state index < -0.39 is 0 Å². The molecule has 1 aliphatic carbocycles. The third-order valence-corrected chi connectivity index (χ3v) is 5.71. The highest BCUT2D eigenvalue weighted by Gasteiger charge is 2.24. The van der Waals surface area contributed by atoms with Crippen LogP contribution in [0.3, 0.4) is 0 Å². The normalized spacial score (nSPS) is 20.6. The van der Waals surface area contributed by atoms with Crippen LogP contribution in [0, 0.1) is 12.8 Å². The summed E-state index contributed by atoms with van der Waals surface area (Å²) in [6.45, 7) is 6.65. The first-order chi connectivity index (χ1) is 12.2. The molecule has 0 radical (unpaired) electrons. The average Bonchev–Trinajstić information content (AvgIpc) is 2.64. The van der Waals surface area contributed by atoms with Crippen LogP contribution in [0.15, 0.2) is 30.5 Å². The summed E-state index contributed by atoms with van der Waals surface area (Å²) in [5, 5.41) is 0. The van der Waals surface area contributed by atoms with Gasteiger partial charge in [0, 0.05) is 23.4 Å². The van der Waals surface area contributed by atoms with Crippen LogP contribution in [-0.2, 0) is 6.42 Å². The molecule has 1 aromatic heterocycles. The highest BCUT2D eigenvalue weighted by Crippen LogP contribution is 2.36. The Morgan fingerprint density at radius 2 is 1.68 bits per heavy atom. The first-order valence-corrected chi connectivity index (χ1v) is 10.1. The lowest BCUT2D eigenvalue weighted by molar-refractivity contribution is 0.302. The fourth-order valence-corrected chi connectivity index (χ4v) is 4.22. The number of aryl methyl sites for hydroxylation is 2. The lowest BCUT2D eigenvalue weighted by Gasteiger charge is -2.27. The van der Waals surface area contributed by atoms with Crippen LogP contribution in [0.5, 0.6) is 0 Å². The standard InChI is InChI=1S/C23H32N2/c1-4-6-18-8-12-20(13-9-18)22-16-24-23(25-17(22)3)21-14-10-19(7-5-2)11-15-21/h8-9,12-13,16,19,21H,4-7,10-11,14-15H2,1-3H3. The molecule has 2 aromatic rings. The Morgan fingerprint density at radius 3 is 2.28 bits per heavy atom. The fraction of sp³-hybridized carbons (Fsp3) is 0.565. The zero-order valence-electron chi connectivity index (χ0n) is 16.1. The van der Waals surface area contributed by atoms with E-state index in [2.05, 4.69) is 45.0 Å². The Kier molecular flexibility index (Phi) is 6.23. The second-order valence-corrected chi connectivity index (χ2v) is 7.68. The van der Waals surface area contributed by atoms with Crippen molar-refractivity contribution in [2.24, 2.45) is 5.92 Å². The third kappa shape index (κ3) is 4.48. The van der Waals surface area contributed by atoms with Gasteiger partial charge in [0.1, 0.15) is 5.82 Å². The molecule has 0 bridgehead atoms. The molecule has 3 rings (SSSR count). The Balaban J connectivity index is 1.71. The SMILES string of the molecule is CCCc1ccc(-c2cnc(C3CCC(CCC)CC3)nc2C)cc1. The summed E-state index contributed by atoms with van der Waals surface area (Å²) >= 11 is 0. The lowest BCUT2D eigenvalue weighted by Crippen LogP contribution is -2.15. The summed E-state index contributed by atoms with van der Waals surface area (Å²) < 4.78 is 0. The van der Waals surface area contributed by atoms with Gasteiger partial charge in [-0.1, -0.05) is 57.4 Å². The smallest absolute Gasteiger partial charge is 0.131 e. The highest BCUT2D eigenvalue weighted by atomic mass is 14.9. The molecular weight excluding hydrogens is 304 g/mol. The first kappa shape index (κ1) is 18.1. The maximum absolute atomic E-state index is 4.89. The van der Waals surface area contributed by atoms with Gasteiger partial charge in [-0.3, -0.25) is 0 Å². The number of hydrogen-bond acceptors (Lipinski definition) is 2. The molecule has 2 nitrogen and oxygen atoms in total. The molecule has 0 amide bonds. The van der Waals surface area contributed by atoms with Crippen LogP contribution in [0.2, 0.25) is 0 Å². The number of nitrogens with zero attached hydrogens (tertiary/aromatic N) is 2. The van der Waals surface area contributed by atoms with E-state index in [4.69, 9.17) is 9.97 Å². The van der Waals surface area contributed by atoms with Gasteiger partial charge in [-0.2, -0.15) is 0 Å². The summed E-state index contributed by atoms with van der Waals surface area (Å²) in [5.74, 6) is 2.56. The fourth-order valence-electron chi connectivity index (χ4n) is 4.22. The van der Waals surface area contributed by atoms with E-state index in [9.17, 15) is 0 Å². The van der Waals surface area contributed by atoms with Gasteiger partial charge in [0.25, 0.3) is 0 Å². The molecular formula is C23H32N2. The first-order valence-electron chi connectivity index (χ1n) is 10.1. The van der Waals surface area contributed by atoms with E-state index >= 15 is 0 Å². The molecule has 0 spiro atoms. The van der Waals surface area contributed by atoms with Gasteiger partial charge < -0.3 is 0 Å². The topological polar surface area (TPSA) is 25.8 Å². The Hall–Kier alpha value is -1.70.